The standard InChI is InChI=1S/C7H11BrN2O2/c1-7(2)6(5(12)3-11)9-4-10(7)8/h3,6,9H,4H2,1-2H3. The third-order valence-corrected chi connectivity index (χ3v) is 3.33. The number of halogens is 1. The van der Waals surface area contributed by atoms with Crippen molar-refractivity contribution in [3.05, 3.63) is 0 Å². The molecule has 12 heavy (non-hydrogen) atoms. The summed E-state index contributed by atoms with van der Waals surface area (Å²) in [7, 11) is 0. The van der Waals surface area contributed by atoms with Gasteiger partial charge < -0.3 is 0 Å². The average molecular weight is 235 g/mol. The number of aldehydes is 1. The largest absolute Gasteiger partial charge is 0.295 e. The van der Waals surface area contributed by atoms with E-state index in [1.54, 1.807) is 0 Å². The van der Waals surface area contributed by atoms with Crippen molar-refractivity contribution in [2.24, 2.45) is 0 Å². The highest BCUT2D eigenvalue weighted by molar-refractivity contribution is 9.07. The summed E-state index contributed by atoms with van der Waals surface area (Å²) >= 11 is 3.30. The van der Waals surface area contributed by atoms with E-state index in [0.29, 0.717) is 13.0 Å². The predicted molar refractivity (Wildman–Crippen MR) is 47.7 cm³/mol. The molecule has 0 aromatic heterocycles. The highest BCUT2D eigenvalue weighted by Gasteiger charge is 2.43. The molecule has 0 aliphatic carbocycles. The highest BCUT2D eigenvalue weighted by atomic mass is 79.9. The summed E-state index contributed by atoms with van der Waals surface area (Å²) < 4.78 is 1.83. The highest BCUT2D eigenvalue weighted by Crippen LogP contribution is 2.27. The Labute approximate surface area is 79.6 Å². The molecule has 1 aliphatic heterocycles. The van der Waals surface area contributed by atoms with Gasteiger partial charge in [0.05, 0.1) is 18.2 Å². The number of ketones is 1. The molecule has 68 valence electrons. The fourth-order valence-electron chi connectivity index (χ4n) is 1.28. The van der Waals surface area contributed by atoms with Gasteiger partial charge in [-0.15, -0.1) is 0 Å². The molecular weight excluding hydrogens is 224 g/mol. The average Bonchev–Trinajstić information content (AvgIpc) is 2.27. The first-order valence-corrected chi connectivity index (χ1v) is 4.37. The van der Waals surface area contributed by atoms with Gasteiger partial charge >= 0.3 is 0 Å². The van der Waals surface area contributed by atoms with Gasteiger partial charge in [0.25, 0.3) is 0 Å². The van der Waals surface area contributed by atoms with E-state index in [9.17, 15) is 9.59 Å². The lowest BCUT2D eigenvalue weighted by molar-refractivity contribution is -0.131. The molecule has 0 aromatic carbocycles. The zero-order valence-electron chi connectivity index (χ0n) is 7.00. The Kier molecular flexibility index (Phi) is 2.65. The second kappa shape index (κ2) is 3.24. The first kappa shape index (κ1) is 9.83. The van der Waals surface area contributed by atoms with Crippen LogP contribution in [-0.2, 0) is 9.59 Å². The van der Waals surface area contributed by atoms with Crippen molar-refractivity contribution in [1.82, 2.24) is 9.24 Å². The molecule has 1 N–H and O–H groups in total. The van der Waals surface area contributed by atoms with Crippen LogP contribution in [0, 0.1) is 0 Å². The lowest BCUT2D eigenvalue weighted by Crippen LogP contribution is -2.48. The summed E-state index contributed by atoms with van der Waals surface area (Å²) in [5.74, 6) is -0.401. The molecule has 1 unspecified atom stereocenters. The number of Topliss-reactive ketones (excluding diaryl/α,β-unsaturated/α-hetero) is 1. The van der Waals surface area contributed by atoms with Crippen LogP contribution in [0.4, 0.5) is 0 Å². The molecule has 1 fully saturated rings. The minimum absolute atomic E-state index is 0.349. The van der Waals surface area contributed by atoms with Crippen molar-refractivity contribution in [2.45, 2.75) is 25.4 Å². The van der Waals surface area contributed by atoms with Crippen molar-refractivity contribution in [2.75, 3.05) is 6.67 Å². The van der Waals surface area contributed by atoms with E-state index in [1.807, 2.05) is 17.8 Å². The van der Waals surface area contributed by atoms with E-state index >= 15 is 0 Å². The number of hydrogen-bond donors (Lipinski definition) is 1. The van der Waals surface area contributed by atoms with Crippen LogP contribution in [0.25, 0.3) is 0 Å². The van der Waals surface area contributed by atoms with Gasteiger partial charge in [-0.1, -0.05) is 0 Å². The maximum Gasteiger partial charge on any atom is 0.213 e. The van der Waals surface area contributed by atoms with Crippen LogP contribution < -0.4 is 5.32 Å². The number of carbonyl (C=O) groups is 2. The first-order chi connectivity index (χ1) is 5.50. The fraction of sp³-hybridized carbons (Fsp3) is 0.714. The molecule has 0 amide bonds. The van der Waals surface area contributed by atoms with Crippen LogP contribution in [0.3, 0.4) is 0 Å². The van der Waals surface area contributed by atoms with E-state index in [4.69, 9.17) is 0 Å². The van der Waals surface area contributed by atoms with Crippen molar-refractivity contribution in [1.29, 1.82) is 0 Å². The Hall–Kier alpha value is -0.260. The zero-order valence-corrected chi connectivity index (χ0v) is 8.59. The molecule has 1 rings (SSSR count). The first-order valence-electron chi connectivity index (χ1n) is 3.66. The van der Waals surface area contributed by atoms with Crippen LogP contribution in [-0.4, -0.2) is 34.2 Å². The quantitative estimate of drug-likeness (QED) is 0.418. The van der Waals surface area contributed by atoms with Gasteiger partial charge in [0, 0.05) is 16.1 Å². The van der Waals surface area contributed by atoms with E-state index in [1.165, 1.54) is 0 Å². The van der Waals surface area contributed by atoms with Gasteiger partial charge in [-0.3, -0.25) is 14.9 Å². The molecule has 0 spiro atoms. The van der Waals surface area contributed by atoms with E-state index in [-0.39, 0.29) is 5.54 Å². The Morgan fingerprint density at radius 3 is 2.67 bits per heavy atom. The molecule has 5 heteroatoms. The molecule has 1 aliphatic rings. The molecule has 1 heterocycles. The predicted octanol–water partition coefficient (Wildman–Crippen LogP) is 0.0742. The minimum atomic E-state index is -0.408. The topological polar surface area (TPSA) is 49.4 Å². The number of nitrogens with one attached hydrogen (secondary N) is 1. The summed E-state index contributed by atoms with van der Waals surface area (Å²) in [6.07, 6.45) is 0.367. The monoisotopic (exact) mass is 234 g/mol. The van der Waals surface area contributed by atoms with Crippen molar-refractivity contribution in [3.8, 4) is 0 Å². The number of rotatable bonds is 2. The van der Waals surface area contributed by atoms with Crippen LogP contribution in [0.1, 0.15) is 13.8 Å². The van der Waals surface area contributed by atoms with Crippen LogP contribution in [0.5, 0.6) is 0 Å². The molecule has 0 saturated carbocycles. The summed E-state index contributed by atoms with van der Waals surface area (Å²) in [5, 5.41) is 2.95. The van der Waals surface area contributed by atoms with Gasteiger partial charge in [0.2, 0.25) is 5.78 Å². The van der Waals surface area contributed by atoms with Crippen molar-refractivity contribution >= 4 is 28.2 Å². The Balaban J connectivity index is 2.81. The molecule has 0 aromatic rings. The summed E-state index contributed by atoms with van der Waals surface area (Å²) in [4.78, 5) is 21.4. The number of nitrogens with zero attached hydrogens (tertiary/aromatic N) is 1. The fourth-order valence-corrected chi connectivity index (χ4v) is 1.63. The smallest absolute Gasteiger partial charge is 0.213 e. The van der Waals surface area contributed by atoms with Gasteiger partial charge in [-0.05, 0) is 13.8 Å². The van der Waals surface area contributed by atoms with Crippen LogP contribution in [0.2, 0.25) is 0 Å². The normalized spacial score (nSPS) is 28.8. The lowest BCUT2D eigenvalue weighted by atomic mass is 9.94. The summed E-state index contributed by atoms with van der Waals surface area (Å²) in [6, 6.07) is -0.408. The Bertz CT molecular complexity index is 217. The van der Waals surface area contributed by atoms with Gasteiger partial charge in [0.15, 0.2) is 6.29 Å². The molecule has 1 atom stereocenters. The second-order valence-electron chi connectivity index (χ2n) is 3.33. The van der Waals surface area contributed by atoms with Gasteiger partial charge in [-0.25, -0.2) is 3.93 Å². The van der Waals surface area contributed by atoms with E-state index in [0.717, 1.165) is 0 Å². The summed E-state index contributed by atoms with van der Waals surface area (Å²) in [6.45, 7) is 4.36. The van der Waals surface area contributed by atoms with E-state index < -0.39 is 11.8 Å². The third-order valence-electron chi connectivity index (χ3n) is 2.17. The van der Waals surface area contributed by atoms with Gasteiger partial charge in [-0.2, -0.15) is 0 Å². The maximum absolute atomic E-state index is 11.1. The summed E-state index contributed by atoms with van der Waals surface area (Å²) in [5.41, 5.74) is -0.349. The molecule has 0 bridgehead atoms. The molecule has 4 nitrogen and oxygen atoms in total. The van der Waals surface area contributed by atoms with Gasteiger partial charge in [0.1, 0.15) is 0 Å². The zero-order chi connectivity index (χ0) is 9.35. The Morgan fingerprint density at radius 1 is 1.75 bits per heavy atom. The molecule has 0 radical (unpaired) electrons. The third kappa shape index (κ3) is 1.44. The minimum Gasteiger partial charge on any atom is -0.295 e. The molecule has 1 saturated heterocycles. The second-order valence-corrected chi connectivity index (χ2v) is 4.19. The van der Waals surface area contributed by atoms with Crippen molar-refractivity contribution in [3.63, 3.8) is 0 Å². The Morgan fingerprint density at radius 2 is 2.33 bits per heavy atom. The van der Waals surface area contributed by atoms with E-state index in [2.05, 4.69) is 21.5 Å². The SMILES string of the molecule is CC1(C)C(C(=O)C=O)NCN1Br. The van der Waals surface area contributed by atoms with Crippen molar-refractivity contribution < 1.29 is 9.59 Å². The maximum atomic E-state index is 11.1. The number of hydrogen-bond acceptors (Lipinski definition) is 4. The van der Waals surface area contributed by atoms with Crippen LogP contribution >= 0.6 is 16.1 Å². The molecular formula is C7H11BrN2O2. The van der Waals surface area contributed by atoms with Crippen LogP contribution in [0.15, 0.2) is 0 Å². The number of carbonyl (C=O) groups excluding carboxylic acids is 2. The lowest BCUT2D eigenvalue weighted by Gasteiger charge is -2.28.